The van der Waals surface area contributed by atoms with Gasteiger partial charge in [-0.1, -0.05) is 84.0 Å². The van der Waals surface area contributed by atoms with Crippen LogP contribution in [0.4, 0.5) is 0 Å². The van der Waals surface area contributed by atoms with Gasteiger partial charge in [0.25, 0.3) is 0 Å². The molecule has 3 heteroatoms. The molecular weight excluding hydrogens is 480 g/mol. The lowest BCUT2D eigenvalue weighted by molar-refractivity contribution is 0.0801. The molecule has 0 saturated heterocycles. The normalized spacial score (nSPS) is 13.4. The van der Waals surface area contributed by atoms with Crippen molar-refractivity contribution in [2.24, 2.45) is 0 Å². The van der Waals surface area contributed by atoms with Crippen LogP contribution in [0, 0.1) is 0 Å². The quantitative estimate of drug-likeness (QED) is 0.345. The topological polar surface area (TPSA) is 38.7 Å². The molecule has 3 rings (SSSR count). The fourth-order valence-electron chi connectivity index (χ4n) is 4.89. The molecule has 0 heterocycles. The largest absolute Gasteiger partial charge is 0.488 e. The van der Waals surface area contributed by atoms with Crippen molar-refractivity contribution in [2.75, 3.05) is 0 Å². The Hall–Kier alpha value is -2.78. The summed E-state index contributed by atoms with van der Waals surface area (Å²) in [5.74, 6) is 1.57. The van der Waals surface area contributed by atoms with Crippen LogP contribution in [0.3, 0.4) is 0 Å². The van der Waals surface area contributed by atoms with Crippen LogP contribution in [-0.2, 0) is 22.9 Å². The zero-order valence-electron chi connectivity index (χ0n) is 26.3. The second-order valence-electron chi connectivity index (χ2n) is 14.9. The van der Waals surface area contributed by atoms with E-state index in [4.69, 9.17) is 9.47 Å². The molecule has 3 aromatic carbocycles. The Balaban J connectivity index is 2.17. The Labute approximate surface area is 237 Å². The SMILES string of the molecule is CC(C)(C)Oc1ccc(C(O)(Cc2cc(C(C)(C)C)ccc2C(C)(C)C)c2ccc(OC(C)(C)C)cc2)cc1. The zero-order valence-corrected chi connectivity index (χ0v) is 26.3. The van der Waals surface area contributed by atoms with Crippen LogP contribution < -0.4 is 9.47 Å². The van der Waals surface area contributed by atoms with Crippen LogP contribution in [0.25, 0.3) is 0 Å². The standard InChI is InChI=1S/C36H50O3/c1-32(2,3)28-17-22-31(33(4,5)6)25(23-28)24-36(37,26-13-18-29(19-14-26)38-34(7,8)9)27-15-20-30(21-16-27)39-35(10,11)12/h13-23,37H,24H2,1-12H3. The molecule has 0 bridgehead atoms. The highest BCUT2D eigenvalue weighted by atomic mass is 16.5. The molecule has 0 aliphatic carbocycles. The second-order valence-corrected chi connectivity index (χ2v) is 14.9. The molecule has 0 amide bonds. The highest BCUT2D eigenvalue weighted by Gasteiger charge is 2.35. The second kappa shape index (κ2) is 10.7. The van der Waals surface area contributed by atoms with E-state index in [9.17, 15) is 5.11 Å². The van der Waals surface area contributed by atoms with Crippen LogP contribution in [0.2, 0.25) is 0 Å². The Kier molecular flexibility index (Phi) is 8.40. The number of hydrogen-bond acceptors (Lipinski definition) is 3. The van der Waals surface area contributed by atoms with E-state index in [0.717, 1.165) is 28.2 Å². The molecule has 0 atom stereocenters. The number of ether oxygens (including phenoxy) is 2. The Morgan fingerprint density at radius 1 is 0.513 bits per heavy atom. The van der Waals surface area contributed by atoms with E-state index in [-0.39, 0.29) is 22.0 Å². The molecular formula is C36H50O3. The number of rotatable bonds is 6. The minimum atomic E-state index is -1.25. The van der Waals surface area contributed by atoms with Crippen LogP contribution in [0.5, 0.6) is 11.5 Å². The van der Waals surface area contributed by atoms with Crippen molar-refractivity contribution >= 4 is 0 Å². The maximum atomic E-state index is 12.7. The molecule has 0 aliphatic rings. The number of aliphatic hydroxyl groups is 1. The summed E-state index contributed by atoms with van der Waals surface area (Å²) in [7, 11) is 0. The van der Waals surface area contributed by atoms with Gasteiger partial charge < -0.3 is 14.6 Å². The third-order valence-electron chi connectivity index (χ3n) is 6.74. The van der Waals surface area contributed by atoms with Crippen molar-refractivity contribution in [3.8, 4) is 11.5 Å². The van der Waals surface area contributed by atoms with Gasteiger partial charge in [-0.25, -0.2) is 0 Å². The van der Waals surface area contributed by atoms with Crippen LogP contribution in [0.15, 0.2) is 66.7 Å². The maximum absolute atomic E-state index is 12.7. The summed E-state index contributed by atoms with van der Waals surface area (Å²) in [5.41, 5.74) is 3.40. The fraction of sp³-hybridized carbons (Fsp3) is 0.500. The van der Waals surface area contributed by atoms with Crippen molar-refractivity contribution in [2.45, 2.75) is 117 Å². The minimum absolute atomic E-state index is 0.00116. The average molecular weight is 531 g/mol. The van der Waals surface area contributed by atoms with E-state index < -0.39 is 5.60 Å². The molecule has 0 unspecified atom stereocenters. The number of benzene rings is 3. The van der Waals surface area contributed by atoms with E-state index in [1.807, 2.05) is 90.1 Å². The smallest absolute Gasteiger partial charge is 0.120 e. The summed E-state index contributed by atoms with van der Waals surface area (Å²) in [6.45, 7) is 25.6. The summed E-state index contributed by atoms with van der Waals surface area (Å²) in [6.07, 6.45) is 0.447. The van der Waals surface area contributed by atoms with E-state index in [2.05, 4.69) is 59.7 Å². The van der Waals surface area contributed by atoms with Crippen LogP contribution in [0.1, 0.15) is 111 Å². The molecule has 0 aliphatic heterocycles. The van der Waals surface area contributed by atoms with Crippen molar-refractivity contribution in [1.29, 1.82) is 0 Å². The van der Waals surface area contributed by atoms with E-state index in [0.29, 0.717) is 6.42 Å². The predicted octanol–water partition coefficient (Wildman–Crippen LogP) is 9.11. The highest BCUT2D eigenvalue weighted by Crippen LogP contribution is 2.39. The maximum Gasteiger partial charge on any atom is 0.120 e. The van der Waals surface area contributed by atoms with Gasteiger partial charge in [0.05, 0.1) is 0 Å². The lowest BCUT2D eigenvalue weighted by atomic mass is 9.74. The van der Waals surface area contributed by atoms with Gasteiger partial charge in [-0.05, 0) is 104 Å². The van der Waals surface area contributed by atoms with Crippen LogP contribution in [-0.4, -0.2) is 16.3 Å². The van der Waals surface area contributed by atoms with Crippen molar-refractivity contribution in [1.82, 2.24) is 0 Å². The first-order chi connectivity index (χ1) is 17.7. The van der Waals surface area contributed by atoms with Gasteiger partial charge in [0.15, 0.2) is 0 Å². The fourth-order valence-corrected chi connectivity index (χ4v) is 4.89. The van der Waals surface area contributed by atoms with Crippen LogP contribution >= 0.6 is 0 Å². The number of hydrogen-bond donors (Lipinski definition) is 1. The summed E-state index contributed by atoms with van der Waals surface area (Å²) < 4.78 is 12.1. The van der Waals surface area contributed by atoms with Gasteiger partial charge in [0.2, 0.25) is 0 Å². The molecule has 0 saturated carbocycles. The Morgan fingerprint density at radius 3 is 1.23 bits per heavy atom. The first-order valence-electron chi connectivity index (χ1n) is 14.1. The first-order valence-corrected chi connectivity index (χ1v) is 14.1. The summed E-state index contributed by atoms with van der Waals surface area (Å²) in [5, 5.41) is 12.7. The molecule has 0 fully saturated rings. The average Bonchev–Trinajstić information content (AvgIpc) is 2.76. The van der Waals surface area contributed by atoms with Gasteiger partial charge in [0.1, 0.15) is 28.3 Å². The third-order valence-corrected chi connectivity index (χ3v) is 6.74. The van der Waals surface area contributed by atoms with E-state index in [1.54, 1.807) is 0 Å². The molecule has 0 radical (unpaired) electrons. The Morgan fingerprint density at radius 2 is 0.897 bits per heavy atom. The van der Waals surface area contributed by atoms with Gasteiger partial charge >= 0.3 is 0 Å². The first kappa shape index (κ1) is 30.8. The molecule has 3 nitrogen and oxygen atoms in total. The highest BCUT2D eigenvalue weighted by molar-refractivity contribution is 5.46. The van der Waals surface area contributed by atoms with Crippen molar-refractivity contribution < 1.29 is 14.6 Å². The molecule has 212 valence electrons. The van der Waals surface area contributed by atoms with Crippen molar-refractivity contribution in [3.63, 3.8) is 0 Å². The monoisotopic (exact) mass is 530 g/mol. The molecule has 39 heavy (non-hydrogen) atoms. The van der Waals surface area contributed by atoms with Gasteiger partial charge in [-0.2, -0.15) is 0 Å². The minimum Gasteiger partial charge on any atom is -0.488 e. The third kappa shape index (κ3) is 8.11. The van der Waals surface area contributed by atoms with Gasteiger partial charge in [-0.3, -0.25) is 0 Å². The lowest BCUT2D eigenvalue weighted by Crippen LogP contribution is -2.32. The molecule has 3 aromatic rings. The lowest BCUT2D eigenvalue weighted by Gasteiger charge is -2.34. The summed E-state index contributed by atoms with van der Waals surface area (Å²) in [4.78, 5) is 0. The summed E-state index contributed by atoms with van der Waals surface area (Å²) in [6, 6.07) is 22.6. The molecule has 0 spiro atoms. The summed E-state index contributed by atoms with van der Waals surface area (Å²) >= 11 is 0. The van der Waals surface area contributed by atoms with E-state index >= 15 is 0 Å². The van der Waals surface area contributed by atoms with Gasteiger partial charge in [0, 0.05) is 6.42 Å². The zero-order chi connectivity index (χ0) is 29.4. The predicted molar refractivity (Wildman–Crippen MR) is 164 cm³/mol. The molecule has 1 N–H and O–H groups in total. The Bertz CT molecular complexity index is 1180. The van der Waals surface area contributed by atoms with Crippen molar-refractivity contribution in [3.05, 3.63) is 94.5 Å². The van der Waals surface area contributed by atoms with Gasteiger partial charge in [-0.15, -0.1) is 0 Å². The molecule has 0 aromatic heterocycles. The van der Waals surface area contributed by atoms with E-state index in [1.165, 1.54) is 11.1 Å².